The molecule has 1 atom stereocenters. The second kappa shape index (κ2) is 9.80. The molecule has 0 fully saturated rings. The molecule has 0 aromatic heterocycles. The average molecular weight is 293 g/mol. The number of nitrogens with one attached hydrogen (secondary N) is 1. The van der Waals surface area contributed by atoms with Gasteiger partial charge in [-0.15, -0.1) is 0 Å². The van der Waals surface area contributed by atoms with Gasteiger partial charge in [-0.2, -0.15) is 0 Å². The molecule has 0 saturated carbocycles. The summed E-state index contributed by atoms with van der Waals surface area (Å²) in [6.45, 7) is 2.35. The second-order valence-electron chi connectivity index (χ2n) is 4.97. The van der Waals surface area contributed by atoms with Crippen LogP contribution < -0.4 is 5.32 Å². The first-order chi connectivity index (χ1) is 10.1. The van der Waals surface area contributed by atoms with Crippen LogP contribution in [0.25, 0.3) is 0 Å². The lowest BCUT2D eigenvalue weighted by molar-refractivity contribution is -0.141. The van der Waals surface area contributed by atoms with E-state index in [1.807, 2.05) is 30.3 Å². The molecule has 1 aromatic carbocycles. The number of rotatable bonds is 9. The molecule has 21 heavy (non-hydrogen) atoms. The van der Waals surface area contributed by atoms with Gasteiger partial charge in [-0.05, 0) is 12.0 Å². The molecule has 1 rings (SSSR count). The van der Waals surface area contributed by atoms with E-state index in [2.05, 4.69) is 12.2 Å². The summed E-state index contributed by atoms with van der Waals surface area (Å²) in [5, 5.41) is 11.6. The molecule has 0 bridgehead atoms. The van der Waals surface area contributed by atoms with E-state index in [9.17, 15) is 9.59 Å². The molecule has 0 spiro atoms. The maximum absolute atomic E-state index is 11.5. The third-order valence-electron chi connectivity index (χ3n) is 3.21. The van der Waals surface area contributed by atoms with Crippen LogP contribution in [0.3, 0.4) is 0 Å². The first-order valence-corrected chi connectivity index (χ1v) is 7.30. The first-order valence-electron chi connectivity index (χ1n) is 7.30. The van der Waals surface area contributed by atoms with Crippen molar-refractivity contribution in [3.8, 4) is 0 Å². The molecule has 0 aliphatic rings. The van der Waals surface area contributed by atoms with Crippen molar-refractivity contribution < 1.29 is 19.4 Å². The van der Waals surface area contributed by atoms with Gasteiger partial charge in [-0.3, -0.25) is 4.79 Å². The Morgan fingerprint density at radius 2 is 1.95 bits per heavy atom. The highest BCUT2D eigenvalue weighted by molar-refractivity contribution is 5.72. The summed E-state index contributed by atoms with van der Waals surface area (Å²) in [7, 11) is 0. The highest BCUT2D eigenvalue weighted by Crippen LogP contribution is 2.09. The molecule has 0 radical (unpaired) electrons. The summed E-state index contributed by atoms with van der Waals surface area (Å²) in [6, 6.07) is 9.34. The molecule has 5 nitrogen and oxygen atoms in total. The van der Waals surface area contributed by atoms with E-state index in [0.717, 1.165) is 24.8 Å². The summed E-state index contributed by atoms with van der Waals surface area (Å²) in [6.07, 6.45) is 2.89. The number of carbonyl (C=O) groups is 2. The Kier molecular flexibility index (Phi) is 7.94. The Morgan fingerprint density at radius 1 is 1.24 bits per heavy atom. The van der Waals surface area contributed by atoms with Gasteiger partial charge in [-0.1, -0.05) is 56.5 Å². The molecule has 1 amide bonds. The van der Waals surface area contributed by atoms with Crippen molar-refractivity contribution in [2.45, 2.75) is 39.2 Å². The van der Waals surface area contributed by atoms with E-state index in [1.165, 1.54) is 0 Å². The van der Waals surface area contributed by atoms with Crippen LogP contribution in [0.15, 0.2) is 30.3 Å². The van der Waals surface area contributed by atoms with Gasteiger partial charge in [0.15, 0.2) is 0 Å². The number of benzene rings is 1. The smallest absolute Gasteiger partial charge is 0.407 e. The minimum atomic E-state index is -0.880. The lowest BCUT2D eigenvalue weighted by Gasteiger charge is -2.13. The number of hydrogen-bond acceptors (Lipinski definition) is 3. The van der Waals surface area contributed by atoms with Crippen LogP contribution in [0.4, 0.5) is 4.79 Å². The Balaban J connectivity index is 2.27. The van der Waals surface area contributed by atoms with E-state index in [4.69, 9.17) is 9.84 Å². The summed E-state index contributed by atoms with van der Waals surface area (Å²) in [5.41, 5.74) is 0.894. The second-order valence-corrected chi connectivity index (χ2v) is 4.97. The van der Waals surface area contributed by atoms with E-state index < -0.39 is 18.0 Å². The molecular formula is C16H23NO4. The largest absolute Gasteiger partial charge is 0.481 e. The Labute approximate surface area is 125 Å². The number of carbonyl (C=O) groups excluding carboxylic acids is 1. The molecule has 0 aliphatic carbocycles. The molecular weight excluding hydrogens is 270 g/mol. The molecule has 0 saturated heterocycles. The van der Waals surface area contributed by atoms with Crippen molar-refractivity contribution in [3.05, 3.63) is 35.9 Å². The average Bonchev–Trinajstić information content (AvgIpc) is 2.49. The third kappa shape index (κ3) is 7.34. The van der Waals surface area contributed by atoms with Crippen LogP contribution in [0.1, 0.15) is 38.2 Å². The van der Waals surface area contributed by atoms with Gasteiger partial charge in [0.2, 0.25) is 0 Å². The van der Waals surface area contributed by atoms with Gasteiger partial charge in [0.25, 0.3) is 0 Å². The maximum Gasteiger partial charge on any atom is 0.407 e. The number of hydrogen-bond donors (Lipinski definition) is 2. The minimum Gasteiger partial charge on any atom is -0.481 e. The predicted octanol–water partition coefficient (Wildman–Crippen LogP) is 3.19. The Bertz CT molecular complexity index is 433. The quantitative estimate of drug-likeness (QED) is 0.686. The van der Waals surface area contributed by atoms with Crippen molar-refractivity contribution in [2.24, 2.45) is 5.92 Å². The van der Waals surface area contributed by atoms with Crippen molar-refractivity contribution in [1.29, 1.82) is 0 Å². The van der Waals surface area contributed by atoms with Crippen molar-refractivity contribution >= 4 is 12.1 Å². The molecule has 0 unspecified atom stereocenters. The zero-order valence-electron chi connectivity index (χ0n) is 12.4. The molecule has 116 valence electrons. The SMILES string of the molecule is CCCCC[C@H](CNC(=O)OCc1ccccc1)C(=O)O. The third-order valence-corrected chi connectivity index (χ3v) is 3.21. The fourth-order valence-electron chi connectivity index (χ4n) is 1.93. The van der Waals surface area contributed by atoms with E-state index in [-0.39, 0.29) is 13.2 Å². The summed E-state index contributed by atoms with van der Waals surface area (Å²) < 4.78 is 5.04. The molecule has 0 heterocycles. The van der Waals surface area contributed by atoms with Crippen LogP contribution in [-0.2, 0) is 16.1 Å². The number of amides is 1. The highest BCUT2D eigenvalue weighted by atomic mass is 16.5. The fraction of sp³-hybridized carbons (Fsp3) is 0.500. The number of alkyl carbamates (subject to hydrolysis) is 1. The summed E-state index contributed by atoms with van der Waals surface area (Å²) in [5.74, 6) is -1.43. The number of unbranched alkanes of at least 4 members (excludes halogenated alkanes) is 2. The summed E-state index contributed by atoms with van der Waals surface area (Å²) >= 11 is 0. The molecule has 5 heteroatoms. The van der Waals surface area contributed by atoms with Gasteiger partial charge in [0.1, 0.15) is 6.61 Å². The topological polar surface area (TPSA) is 75.6 Å². The van der Waals surface area contributed by atoms with Crippen molar-refractivity contribution in [3.63, 3.8) is 0 Å². The molecule has 0 aliphatic heterocycles. The first kappa shape index (κ1) is 17.0. The minimum absolute atomic E-state index is 0.104. The van der Waals surface area contributed by atoms with Crippen LogP contribution in [0.2, 0.25) is 0 Å². The molecule has 2 N–H and O–H groups in total. The zero-order chi connectivity index (χ0) is 15.5. The standard InChI is InChI=1S/C16H23NO4/c1-2-3-5-10-14(15(18)19)11-17-16(20)21-12-13-8-6-4-7-9-13/h4,6-9,14H,2-3,5,10-12H2,1H3,(H,17,20)(H,18,19)/t14-/m1/s1. The fourth-order valence-corrected chi connectivity index (χ4v) is 1.93. The van der Waals surface area contributed by atoms with E-state index in [0.29, 0.717) is 6.42 Å². The maximum atomic E-state index is 11.5. The summed E-state index contributed by atoms with van der Waals surface area (Å²) in [4.78, 5) is 22.6. The number of ether oxygens (including phenoxy) is 1. The van der Waals surface area contributed by atoms with Crippen LogP contribution in [-0.4, -0.2) is 23.7 Å². The van der Waals surface area contributed by atoms with Crippen molar-refractivity contribution in [2.75, 3.05) is 6.54 Å². The zero-order valence-corrected chi connectivity index (χ0v) is 12.4. The van der Waals surface area contributed by atoms with Crippen LogP contribution >= 0.6 is 0 Å². The molecule has 1 aromatic rings. The number of carboxylic acids is 1. The number of aliphatic carboxylic acids is 1. The number of carboxylic acid groups (broad SMARTS) is 1. The van der Waals surface area contributed by atoms with Gasteiger partial charge in [0.05, 0.1) is 5.92 Å². The van der Waals surface area contributed by atoms with Crippen molar-refractivity contribution in [1.82, 2.24) is 5.32 Å². The Morgan fingerprint density at radius 3 is 2.57 bits per heavy atom. The lowest BCUT2D eigenvalue weighted by atomic mass is 10.0. The highest BCUT2D eigenvalue weighted by Gasteiger charge is 2.18. The lowest BCUT2D eigenvalue weighted by Crippen LogP contribution is -2.33. The van der Waals surface area contributed by atoms with E-state index >= 15 is 0 Å². The van der Waals surface area contributed by atoms with Gasteiger partial charge in [0, 0.05) is 6.54 Å². The Hall–Kier alpha value is -2.04. The van der Waals surface area contributed by atoms with Gasteiger partial charge >= 0.3 is 12.1 Å². The van der Waals surface area contributed by atoms with E-state index in [1.54, 1.807) is 0 Å². The monoisotopic (exact) mass is 293 g/mol. The van der Waals surface area contributed by atoms with Gasteiger partial charge < -0.3 is 15.2 Å². The predicted molar refractivity (Wildman–Crippen MR) is 79.9 cm³/mol. The normalized spacial score (nSPS) is 11.7. The van der Waals surface area contributed by atoms with Crippen LogP contribution in [0, 0.1) is 5.92 Å². The van der Waals surface area contributed by atoms with Crippen LogP contribution in [0.5, 0.6) is 0 Å². The van der Waals surface area contributed by atoms with Gasteiger partial charge in [-0.25, -0.2) is 4.79 Å².